The van der Waals surface area contributed by atoms with Gasteiger partial charge < -0.3 is 10.2 Å². The summed E-state index contributed by atoms with van der Waals surface area (Å²) >= 11 is 0. The number of carbonyl (C=O) groups is 3. The molecule has 0 saturated carbocycles. The van der Waals surface area contributed by atoms with Crippen LogP contribution >= 0.6 is 0 Å². The molecular formula is C24H30N6O3Si. The van der Waals surface area contributed by atoms with Gasteiger partial charge in [0.2, 0.25) is 11.8 Å². The summed E-state index contributed by atoms with van der Waals surface area (Å²) < 4.78 is 1.82. The Hall–Kier alpha value is -3.45. The van der Waals surface area contributed by atoms with Crippen LogP contribution in [0.15, 0.2) is 24.4 Å². The quantitative estimate of drug-likeness (QED) is 0.273. The van der Waals surface area contributed by atoms with Crippen LogP contribution in [0.1, 0.15) is 47.3 Å². The van der Waals surface area contributed by atoms with Gasteiger partial charge in [-0.25, -0.2) is 0 Å². The van der Waals surface area contributed by atoms with Gasteiger partial charge in [0.25, 0.3) is 5.91 Å². The molecule has 4 rings (SSSR count). The lowest BCUT2D eigenvalue weighted by atomic mass is 10.0. The van der Waals surface area contributed by atoms with Crippen LogP contribution < -0.4 is 10.6 Å². The van der Waals surface area contributed by atoms with Crippen molar-refractivity contribution in [1.82, 2.24) is 25.2 Å². The van der Waals surface area contributed by atoms with Crippen LogP contribution in [0.25, 0.3) is 0 Å². The number of anilines is 1. The van der Waals surface area contributed by atoms with E-state index in [1.807, 2.05) is 23.0 Å². The van der Waals surface area contributed by atoms with E-state index in [1.54, 1.807) is 11.0 Å². The third-order valence-corrected chi connectivity index (χ3v) is 6.69. The summed E-state index contributed by atoms with van der Waals surface area (Å²) in [5, 5.41) is 14.1. The average molecular weight is 479 g/mol. The van der Waals surface area contributed by atoms with Gasteiger partial charge in [0.1, 0.15) is 14.1 Å². The maximum atomic E-state index is 12.9. The van der Waals surface area contributed by atoms with Gasteiger partial charge in [0, 0.05) is 42.9 Å². The molecule has 1 aromatic heterocycles. The van der Waals surface area contributed by atoms with E-state index in [9.17, 15) is 14.4 Å². The van der Waals surface area contributed by atoms with E-state index in [4.69, 9.17) is 0 Å². The van der Waals surface area contributed by atoms with Crippen LogP contribution in [-0.2, 0) is 22.7 Å². The lowest BCUT2D eigenvalue weighted by molar-refractivity contribution is -0.136. The van der Waals surface area contributed by atoms with E-state index in [0.717, 1.165) is 37.2 Å². The number of nitrogens with zero attached hydrogens (tertiary/aromatic N) is 4. The molecule has 2 N–H and O–H groups in total. The number of benzene rings is 1. The van der Waals surface area contributed by atoms with Crippen molar-refractivity contribution in [3.05, 3.63) is 41.2 Å². The predicted octanol–water partition coefficient (Wildman–Crippen LogP) is 2.16. The van der Waals surface area contributed by atoms with E-state index in [0.29, 0.717) is 24.2 Å². The van der Waals surface area contributed by atoms with Gasteiger partial charge in [-0.05, 0) is 31.4 Å². The Bertz CT molecular complexity index is 1170. The number of hydrogen-bond donors (Lipinski definition) is 2. The number of hydrogen-bond acceptors (Lipinski definition) is 6. The van der Waals surface area contributed by atoms with Crippen LogP contribution in [0.3, 0.4) is 0 Å². The molecule has 0 bridgehead atoms. The molecule has 2 aliphatic heterocycles. The number of amides is 3. The van der Waals surface area contributed by atoms with Crippen LogP contribution in [-0.4, -0.2) is 58.3 Å². The molecule has 10 heteroatoms. The Morgan fingerprint density at radius 1 is 1.21 bits per heavy atom. The molecule has 0 spiro atoms. The Labute approximate surface area is 200 Å². The first kappa shape index (κ1) is 23.7. The van der Waals surface area contributed by atoms with E-state index in [2.05, 4.69) is 52.1 Å². The van der Waals surface area contributed by atoms with Crippen molar-refractivity contribution < 1.29 is 14.4 Å². The largest absolute Gasteiger partial charge is 0.385 e. The van der Waals surface area contributed by atoms with Gasteiger partial charge in [-0.2, -0.15) is 0 Å². The molecule has 1 saturated heterocycles. The van der Waals surface area contributed by atoms with E-state index < -0.39 is 20.0 Å². The first-order chi connectivity index (χ1) is 16.2. The molecule has 3 heterocycles. The van der Waals surface area contributed by atoms with E-state index >= 15 is 0 Å². The predicted molar refractivity (Wildman–Crippen MR) is 130 cm³/mol. The highest BCUT2D eigenvalue weighted by atomic mass is 28.3. The molecule has 9 nitrogen and oxygen atoms in total. The summed E-state index contributed by atoms with van der Waals surface area (Å²) in [6.07, 6.45) is 4.35. The number of aromatic nitrogens is 3. The minimum Gasteiger partial charge on any atom is -0.385 e. The van der Waals surface area contributed by atoms with Gasteiger partial charge in [0.15, 0.2) is 5.69 Å². The standard InChI is InChI=1S/C24H30N6O3Si/c1-34(2,3)14-11-17-15-29(28-27-17)13-5-4-12-25-20-8-6-7-18-19(20)16-30(24(18)33)21-9-10-22(31)26-23(21)32/h6-8,15,21,25H,4-5,9-10,12-13,16H2,1-3H3,(H,26,31,32). The topological polar surface area (TPSA) is 109 Å². The fourth-order valence-corrected chi connectivity index (χ4v) is 4.59. The summed E-state index contributed by atoms with van der Waals surface area (Å²) in [6.45, 7) is 8.47. The molecule has 3 amide bonds. The maximum Gasteiger partial charge on any atom is 0.255 e. The lowest BCUT2D eigenvalue weighted by Crippen LogP contribution is -2.52. The van der Waals surface area contributed by atoms with Crippen molar-refractivity contribution in [2.75, 3.05) is 11.9 Å². The van der Waals surface area contributed by atoms with Gasteiger partial charge in [0.05, 0.1) is 6.20 Å². The lowest BCUT2D eigenvalue weighted by Gasteiger charge is -2.29. The Kier molecular flexibility index (Phi) is 6.84. The van der Waals surface area contributed by atoms with Crippen LogP contribution in [0, 0.1) is 11.5 Å². The molecule has 1 unspecified atom stereocenters. The number of carbonyl (C=O) groups excluding carboxylic acids is 3. The van der Waals surface area contributed by atoms with Gasteiger partial charge in [-0.3, -0.25) is 24.4 Å². The number of nitrogens with one attached hydrogen (secondary N) is 2. The molecular weight excluding hydrogens is 448 g/mol. The summed E-state index contributed by atoms with van der Waals surface area (Å²) in [5.41, 5.74) is 6.43. The van der Waals surface area contributed by atoms with Crippen LogP contribution in [0.5, 0.6) is 0 Å². The van der Waals surface area contributed by atoms with Gasteiger partial charge in [-0.15, -0.1) is 10.6 Å². The zero-order chi connectivity index (χ0) is 24.3. The Morgan fingerprint density at radius 2 is 2.03 bits per heavy atom. The van der Waals surface area contributed by atoms with Gasteiger partial charge in [-0.1, -0.05) is 36.8 Å². The highest BCUT2D eigenvalue weighted by molar-refractivity contribution is 6.83. The van der Waals surface area contributed by atoms with Crippen molar-refractivity contribution in [3.8, 4) is 11.5 Å². The minimum atomic E-state index is -1.44. The number of imide groups is 1. The number of unbranched alkanes of at least 4 members (excludes halogenated alkanes) is 1. The first-order valence-electron chi connectivity index (χ1n) is 11.6. The first-order valence-corrected chi connectivity index (χ1v) is 15.1. The molecule has 1 atom stereocenters. The molecule has 2 aliphatic rings. The molecule has 1 fully saturated rings. The smallest absolute Gasteiger partial charge is 0.255 e. The Morgan fingerprint density at radius 3 is 2.79 bits per heavy atom. The second-order valence-corrected chi connectivity index (χ2v) is 14.5. The van der Waals surface area contributed by atoms with Crippen molar-refractivity contribution in [3.63, 3.8) is 0 Å². The second-order valence-electron chi connectivity index (χ2n) is 9.73. The van der Waals surface area contributed by atoms with E-state index in [1.165, 1.54) is 0 Å². The highest BCUT2D eigenvalue weighted by Crippen LogP contribution is 2.32. The van der Waals surface area contributed by atoms with Crippen molar-refractivity contribution in [2.24, 2.45) is 0 Å². The molecule has 178 valence electrons. The highest BCUT2D eigenvalue weighted by Gasteiger charge is 2.39. The number of piperidine rings is 1. The third kappa shape index (κ3) is 5.54. The summed E-state index contributed by atoms with van der Waals surface area (Å²) in [7, 11) is -1.44. The SMILES string of the molecule is C[Si](C)(C)C#Cc1cn(CCCCNc2cccc3c2CN(C2CCC(=O)NC2=O)C3=O)nn1. The normalized spacial score (nSPS) is 17.8. The fraction of sp³-hybridized carbons (Fsp3) is 0.458. The number of fused-ring (bicyclic) bond motifs is 1. The second kappa shape index (κ2) is 9.81. The average Bonchev–Trinajstić information content (AvgIpc) is 3.37. The van der Waals surface area contributed by atoms with Crippen molar-refractivity contribution >= 4 is 31.5 Å². The molecule has 1 aromatic carbocycles. The molecule has 34 heavy (non-hydrogen) atoms. The molecule has 0 aliphatic carbocycles. The maximum absolute atomic E-state index is 12.9. The zero-order valence-corrected chi connectivity index (χ0v) is 20.9. The summed E-state index contributed by atoms with van der Waals surface area (Å²) in [6, 6.07) is 5.00. The monoisotopic (exact) mass is 478 g/mol. The van der Waals surface area contributed by atoms with E-state index in [-0.39, 0.29) is 18.2 Å². The molecule has 0 radical (unpaired) electrons. The number of aryl methyl sites for hydroxylation is 1. The van der Waals surface area contributed by atoms with Crippen LogP contribution in [0.2, 0.25) is 19.6 Å². The summed E-state index contributed by atoms with van der Waals surface area (Å²) in [5.74, 6) is 2.28. The third-order valence-electron chi connectivity index (χ3n) is 5.82. The summed E-state index contributed by atoms with van der Waals surface area (Å²) in [4.78, 5) is 38.2. The fourth-order valence-electron chi connectivity index (χ4n) is 4.09. The van der Waals surface area contributed by atoms with Crippen molar-refractivity contribution in [1.29, 1.82) is 0 Å². The minimum absolute atomic E-state index is 0.160. The molecule has 2 aromatic rings. The number of rotatable bonds is 7. The van der Waals surface area contributed by atoms with Crippen LogP contribution in [0.4, 0.5) is 5.69 Å². The zero-order valence-electron chi connectivity index (χ0n) is 19.9. The van der Waals surface area contributed by atoms with Gasteiger partial charge >= 0.3 is 0 Å². The Balaban J connectivity index is 1.29. The van der Waals surface area contributed by atoms with Crippen molar-refractivity contribution in [2.45, 2.75) is 64.5 Å².